The van der Waals surface area contributed by atoms with Crippen molar-refractivity contribution in [1.29, 1.82) is 0 Å². The molecule has 1 heterocycles. The summed E-state index contributed by atoms with van der Waals surface area (Å²) in [5, 5.41) is 5.71. The zero-order valence-electron chi connectivity index (χ0n) is 16.5. The van der Waals surface area contributed by atoms with E-state index in [9.17, 15) is 9.59 Å². The Morgan fingerprint density at radius 1 is 0.929 bits per heavy atom. The molecule has 2 N–H and O–H groups in total. The smallest absolute Gasteiger partial charge is 0.251 e. The molecule has 0 radical (unpaired) electrons. The van der Waals surface area contributed by atoms with Crippen LogP contribution in [0.3, 0.4) is 0 Å². The molecule has 0 spiro atoms. The van der Waals surface area contributed by atoms with Crippen molar-refractivity contribution in [3.8, 4) is 0 Å². The van der Waals surface area contributed by atoms with Crippen molar-refractivity contribution < 1.29 is 9.59 Å². The predicted octanol–water partition coefficient (Wildman–Crippen LogP) is 4.13. The standard InChI is InChI=1S/C23H29N3O2/c1-18-8-4-5-9-21(18)23(28)24-15-14-22(27)25-19-10-12-20(13-11-19)26-16-6-2-3-7-17-26/h4-5,8-13H,2-3,6-7,14-17H2,1H3,(H,24,28)(H,25,27). The van der Waals surface area contributed by atoms with Gasteiger partial charge in [0.1, 0.15) is 0 Å². The van der Waals surface area contributed by atoms with Gasteiger partial charge in [-0.2, -0.15) is 0 Å². The van der Waals surface area contributed by atoms with E-state index >= 15 is 0 Å². The Hall–Kier alpha value is -2.82. The number of amides is 2. The van der Waals surface area contributed by atoms with Crippen LogP contribution in [-0.4, -0.2) is 31.4 Å². The van der Waals surface area contributed by atoms with Crippen LogP contribution in [0.2, 0.25) is 0 Å². The molecule has 1 saturated heterocycles. The molecule has 5 nitrogen and oxygen atoms in total. The first kappa shape index (κ1) is 19.9. The van der Waals surface area contributed by atoms with E-state index in [0.717, 1.165) is 24.3 Å². The van der Waals surface area contributed by atoms with Crippen LogP contribution in [0.15, 0.2) is 48.5 Å². The first-order valence-electron chi connectivity index (χ1n) is 10.1. The summed E-state index contributed by atoms with van der Waals surface area (Å²) < 4.78 is 0. The number of nitrogens with one attached hydrogen (secondary N) is 2. The topological polar surface area (TPSA) is 61.4 Å². The normalized spacial score (nSPS) is 14.2. The third-order valence-corrected chi connectivity index (χ3v) is 5.15. The number of carbonyl (C=O) groups is 2. The molecule has 28 heavy (non-hydrogen) atoms. The Morgan fingerprint density at radius 3 is 2.29 bits per heavy atom. The number of rotatable bonds is 6. The van der Waals surface area contributed by atoms with Gasteiger partial charge in [0.25, 0.3) is 5.91 Å². The maximum atomic E-state index is 12.2. The fourth-order valence-electron chi connectivity index (χ4n) is 3.52. The SMILES string of the molecule is Cc1ccccc1C(=O)NCCC(=O)Nc1ccc(N2CCCCCC2)cc1. The molecular weight excluding hydrogens is 350 g/mol. The summed E-state index contributed by atoms with van der Waals surface area (Å²) in [6.07, 6.45) is 5.35. The van der Waals surface area contributed by atoms with Crippen LogP contribution in [-0.2, 0) is 4.79 Å². The van der Waals surface area contributed by atoms with E-state index < -0.39 is 0 Å². The number of hydrogen-bond acceptors (Lipinski definition) is 3. The van der Waals surface area contributed by atoms with Gasteiger partial charge < -0.3 is 15.5 Å². The molecular formula is C23H29N3O2. The summed E-state index contributed by atoms with van der Waals surface area (Å²) >= 11 is 0. The average molecular weight is 380 g/mol. The van der Waals surface area contributed by atoms with E-state index in [4.69, 9.17) is 0 Å². The van der Waals surface area contributed by atoms with E-state index in [2.05, 4.69) is 27.7 Å². The number of nitrogens with zero attached hydrogens (tertiary/aromatic N) is 1. The van der Waals surface area contributed by atoms with Gasteiger partial charge in [0.05, 0.1) is 0 Å². The first-order valence-corrected chi connectivity index (χ1v) is 10.1. The van der Waals surface area contributed by atoms with Crippen molar-refractivity contribution in [1.82, 2.24) is 5.32 Å². The molecule has 1 aliphatic rings. The van der Waals surface area contributed by atoms with Gasteiger partial charge in [0.15, 0.2) is 0 Å². The third-order valence-electron chi connectivity index (χ3n) is 5.15. The molecule has 0 aliphatic carbocycles. The molecule has 2 aromatic carbocycles. The predicted molar refractivity (Wildman–Crippen MR) is 114 cm³/mol. The van der Waals surface area contributed by atoms with Crippen LogP contribution in [0.25, 0.3) is 0 Å². The second kappa shape index (κ2) is 9.93. The Kier molecular flexibility index (Phi) is 7.06. The van der Waals surface area contributed by atoms with E-state index in [1.807, 2.05) is 37.3 Å². The van der Waals surface area contributed by atoms with E-state index in [-0.39, 0.29) is 18.2 Å². The van der Waals surface area contributed by atoms with Crippen molar-refractivity contribution in [2.75, 3.05) is 29.9 Å². The molecule has 148 valence electrons. The van der Waals surface area contributed by atoms with Gasteiger partial charge in [-0.15, -0.1) is 0 Å². The van der Waals surface area contributed by atoms with E-state index in [1.54, 1.807) is 6.07 Å². The highest BCUT2D eigenvalue weighted by Crippen LogP contribution is 2.21. The monoisotopic (exact) mass is 379 g/mol. The maximum absolute atomic E-state index is 12.2. The Balaban J connectivity index is 1.44. The Morgan fingerprint density at radius 2 is 1.61 bits per heavy atom. The second-order valence-electron chi connectivity index (χ2n) is 7.32. The molecule has 0 saturated carbocycles. The molecule has 5 heteroatoms. The van der Waals surface area contributed by atoms with Gasteiger partial charge in [-0.1, -0.05) is 31.0 Å². The summed E-state index contributed by atoms with van der Waals surface area (Å²) in [6, 6.07) is 15.5. The van der Waals surface area contributed by atoms with Gasteiger partial charge in [0.2, 0.25) is 5.91 Å². The lowest BCUT2D eigenvalue weighted by Gasteiger charge is -2.22. The first-order chi connectivity index (χ1) is 13.6. The number of carbonyl (C=O) groups excluding carboxylic acids is 2. The van der Waals surface area contributed by atoms with E-state index in [1.165, 1.54) is 31.4 Å². The highest BCUT2D eigenvalue weighted by Gasteiger charge is 2.11. The highest BCUT2D eigenvalue weighted by atomic mass is 16.2. The highest BCUT2D eigenvalue weighted by molar-refractivity contribution is 5.96. The van der Waals surface area contributed by atoms with Gasteiger partial charge in [-0.05, 0) is 55.7 Å². The Bertz CT molecular complexity index is 794. The number of anilines is 2. The number of hydrogen-bond donors (Lipinski definition) is 2. The minimum atomic E-state index is -0.146. The molecule has 0 unspecified atom stereocenters. The van der Waals surface area contributed by atoms with Crippen molar-refractivity contribution in [2.24, 2.45) is 0 Å². The lowest BCUT2D eigenvalue weighted by Crippen LogP contribution is -2.28. The van der Waals surface area contributed by atoms with Crippen molar-refractivity contribution in [3.63, 3.8) is 0 Å². The minimum absolute atomic E-state index is 0.104. The fourth-order valence-corrected chi connectivity index (χ4v) is 3.52. The molecule has 0 aromatic heterocycles. The van der Waals surface area contributed by atoms with Crippen molar-refractivity contribution in [2.45, 2.75) is 39.0 Å². The Labute approximate surface area is 167 Å². The van der Waals surface area contributed by atoms with Crippen LogP contribution in [0.4, 0.5) is 11.4 Å². The summed E-state index contributed by atoms with van der Waals surface area (Å²) in [6.45, 7) is 4.42. The molecule has 2 aromatic rings. The zero-order valence-corrected chi connectivity index (χ0v) is 16.5. The van der Waals surface area contributed by atoms with Crippen LogP contribution >= 0.6 is 0 Å². The molecule has 1 aliphatic heterocycles. The summed E-state index contributed by atoms with van der Waals surface area (Å²) in [5.41, 5.74) is 3.57. The van der Waals surface area contributed by atoms with Crippen LogP contribution < -0.4 is 15.5 Å². The van der Waals surface area contributed by atoms with E-state index in [0.29, 0.717) is 12.1 Å². The molecule has 2 amide bonds. The number of aryl methyl sites for hydroxylation is 1. The summed E-state index contributed by atoms with van der Waals surface area (Å²) in [5.74, 6) is -0.250. The van der Waals surface area contributed by atoms with Gasteiger partial charge in [0, 0.05) is 43.0 Å². The summed E-state index contributed by atoms with van der Waals surface area (Å²) in [4.78, 5) is 26.7. The van der Waals surface area contributed by atoms with Gasteiger partial charge in [-0.3, -0.25) is 9.59 Å². The number of benzene rings is 2. The third kappa shape index (κ3) is 5.59. The summed E-state index contributed by atoms with van der Waals surface area (Å²) in [7, 11) is 0. The molecule has 3 rings (SSSR count). The lowest BCUT2D eigenvalue weighted by atomic mass is 10.1. The fraction of sp³-hybridized carbons (Fsp3) is 0.391. The molecule has 0 atom stereocenters. The largest absolute Gasteiger partial charge is 0.372 e. The molecule has 0 bridgehead atoms. The van der Waals surface area contributed by atoms with Crippen LogP contribution in [0.1, 0.15) is 48.0 Å². The average Bonchev–Trinajstić information content (AvgIpc) is 2.98. The van der Waals surface area contributed by atoms with Crippen LogP contribution in [0.5, 0.6) is 0 Å². The minimum Gasteiger partial charge on any atom is -0.372 e. The maximum Gasteiger partial charge on any atom is 0.251 e. The van der Waals surface area contributed by atoms with Crippen molar-refractivity contribution in [3.05, 3.63) is 59.7 Å². The molecule has 1 fully saturated rings. The zero-order chi connectivity index (χ0) is 19.8. The van der Waals surface area contributed by atoms with Gasteiger partial charge in [-0.25, -0.2) is 0 Å². The lowest BCUT2D eigenvalue weighted by molar-refractivity contribution is -0.116. The quantitative estimate of drug-likeness (QED) is 0.793. The van der Waals surface area contributed by atoms with Crippen molar-refractivity contribution >= 4 is 23.2 Å². The second-order valence-corrected chi connectivity index (χ2v) is 7.32. The van der Waals surface area contributed by atoms with Crippen LogP contribution in [0, 0.1) is 6.92 Å². The van der Waals surface area contributed by atoms with Gasteiger partial charge >= 0.3 is 0 Å².